The number of carbonyl (C=O) groups is 2. The molecule has 1 aliphatic heterocycles. The third-order valence-corrected chi connectivity index (χ3v) is 4.77. The Hall–Kier alpha value is -2.60. The molecule has 0 bridgehead atoms. The van der Waals surface area contributed by atoms with Crippen molar-refractivity contribution in [3.8, 4) is 11.3 Å². The SMILES string of the molecule is Cc1ccc(-c2cccc(C(=O)NCCN3CCC[C@H](C(N)=O)C3)c2)o1. The Morgan fingerprint density at radius 3 is 2.88 bits per heavy atom. The lowest BCUT2D eigenvalue weighted by Gasteiger charge is -2.31. The number of likely N-dealkylation sites (tertiary alicyclic amines) is 1. The van der Waals surface area contributed by atoms with Crippen molar-refractivity contribution < 1.29 is 14.0 Å². The highest BCUT2D eigenvalue weighted by atomic mass is 16.3. The first kappa shape index (κ1) is 18.2. The highest BCUT2D eigenvalue weighted by Gasteiger charge is 2.23. The fraction of sp³-hybridized carbons (Fsp3) is 0.400. The second-order valence-electron chi connectivity index (χ2n) is 6.79. The Balaban J connectivity index is 1.53. The summed E-state index contributed by atoms with van der Waals surface area (Å²) < 4.78 is 5.62. The first-order valence-corrected chi connectivity index (χ1v) is 8.99. The van der Waals surface area contributed by atoms with Gasteiger partial charge in [-0.15, -0.1) is 0 Å². The molecule has 3 N–H and O–H groups in total. The molecule has 1 aromatic heterocycles. The van der Waals surface area contributed by atoms with Crippen LogP contribution < -0.4 is 11.1 Å². The van der Waals surface area contributed by atoms with Gasteiger partial charge in [0.05, 0.1) is 5.92 Å². The number of benzene rings is 1. The quantitative estimate of drug-likeness (QED) is 0.831. The molecule has 1 fully saturated rings. The van der Waals surface area contributed by atoms with E-state index in [1.807, 2.05) is 37.3 Å². The number of furan rings is 1. The van der Waals surface area contributed by atoms with Gasteiger partial charge in [-0.1, -0.05) is 12.1 Å². The Kier molecular flexibility index (Phi) is 5.73. The van der Waals surface area contributed by atoms with Gasteiger partial charge in [-0.05, 0) is 50.6 Å². The van der Waals surface area contributed by atoms with Crippen LogP contribution in [0, 0.1) is 12.8 Å². The summed E-state index contributed by atoms with van der Waals surface area (Å²) in [7, 11) is 0. The molecule has 138 valence electrons. The molecule has 2 aromatic rings. The van der Waals surface area contributed by atoms with Gasteiger partial charge in [-0.25, -0.2) is 0 Å². The summed E-state index contributed by atoms with van der Waals surface area (Å²) in [5.41, 5.74) is 6.89. The van der Waals surface area contributed by atoms with Crippen LogP contribution in [0.1, 0.15) is 29.0 Å². The molecule has 0 spiro atoms. The van der Waals surface area contributed by atoms with Gasteiger partial charge in [0.15, 0.2) is 0 Å². The molecule has 2 heterocycles. The number of amides is 2. The van der Waals surface area contributed by atoms with E-state index >= 15 is 0 Å². The molecular formula is C20H25N3O3. The van der Waals surface area contributed by atoms with Crippen molar-refractivity contribution in [2.24, 2.45) is 11.7 Å². The first-order chi connectivity index (χ1) is 12.5. The molecule has 6 heteroatoms. The van der Waals surface area contributed by atoms with Gasteiger partial charge in [-0.3, -0.25) is 9.59 Å². The molecule has 6 nitrogen and oxygen atoms in total. The van der Waals surface area contributed by atoms with Gasteiger partial charge in [0, 0.05) is 30.8 Å². The summed E-state index contributed by atoms with van der Waals surface area (Å²) in [6, 6.07) is 11.2. The van der Waals surface area contributed by atoms with E-state index in [0.717, 1.165) is 36.5 Å². The highest BCUT2D eigenvalue weighted by Crippen LogP contribution is 2.22. The molecule has 0 unspecified atom stereocenters. The van der Waals surface area contributed by atoms with Crippen LogP contribution in [0.3, 0.4) is 0 Å². The Labute approximate surface area is 153 Å². The van der Waals surface area contributed by atoms with Crippen molar-refractivity contribution in [2.45, 2.75) is 19.8 Å². The zero-order valence-electron chi connectivity index (χ0n) is 15.0. The summed E-state index contributed by atoms with van der Waals surface area (Å²) >= 11 is 0. The van der Waals surface area contributed by atoms with Gasteiger partial charge < -0.3 is 20.4 Å². The van der Waals surface area contributed by atoms with E-state index in [9.17, 15) is 9.59 Å². The summed E-state index contributed by atoms with van der Waals surface area (Å²) in [6.45, 7) is 4.76. The molecule has 0 aliphatic carbocycles. The number of hydrogen-bond donors (Lipinski definition) is 2. The van der Waals surface area contributed by atoms with Gasteiger partial charge in [0.1, 0.15) is 11.5 Å². The second kappa shape index (κ2) is 8.19. The fourth-order valence-electron chi connectivity index (χ4n) is 3.32. The zero-order valence-corrected chi connectivity index (χ0v) is 15.0. The summed E-state index contributed by atoms with van der Waals surface area (Å²) in [5.74, 6) is 1.17. The number of hydrogen-bond acceptors (Lipinski definition) is 4. The van der Waals surface area contributed by atoms with Crippen molar-refractivity contribution in [1.82, 2.24) is 10.2 Å². The molecule has 3 rings (SSSR count). The largest absolute Gasteiger partial charge is 0.461 e. The molecule has 2 amide bonds. The highest BCUT2D eigenvalue weighted by molar-refractivity contribution is 5.95. The van der Waals surface area contributed by atoms with Crippen LogP contribution in [-0.2, 0) is 4.79 Å². The van der Waals surface area contributed by atoms with Crippen LogP contribution in [0.25, 0.3) is 11.3 Å². The Morgan fingerprint density at radius 2 is 2.15 bits per heavy atom. The predicted molar refractivity (Wildman–Crippen MR) is 99.6 cm³/mol. The Morgan fingerprint density at radius 1 is 1.31 bits per heavy atom. The fourth-order valence-corrected chi connectivity index (χ4v) is 3.32. The second-order valence-corrected chi connectivity index (χ2v) is 6.79. The topological polar surface area (TPSA) is 88.6 Å². The third-order valence-electron chi connectivity index (χ3n) is 4.77. The number of carbonyl (C=O) groups excluding carboxylic acids is 2. The average molecular weight is 355 g/mol. The van der Waals surface area contributed by atoms with Crippen molar-refractivity contribution in [2.75, 3.05) is 26.2 Å². The number of aryl methyl sites for hydroxylation is 1. The monoisotopic (exact) mass is 355 g/mol. The molecule has 1 aromatic carbocycles. The van der Waals surface area contributed by atoms with Gasteiger partial charge >= 0.3 is 0 Å². The molecule has 1 atom stereocenters. The van der Waals surface area contributed by atoms with E-state index in [1.165, 1.54) is 0 Å². The maximum Gasteiger partial charge on any atom is 0.251 e. The van der Waals surface area contributed by atoms with Gasteiger partial charge in [-0.2, -0.15) is 0 Å². The summed E-state index contributed by atoms with van der Waals surface area (Å²) in [5, 5.41) is 2.95. The lowest BCUT2D eigenvalue weighted by Crippen LogP contribution is -2.44. The smallest absolute Gasteiger partial charge is 0.251 e. The molecule has 26 heavy (non-hydrogen) atoms. The van der Waals surface area contributed by atoms with Crippen LogP contribution in [0.4, 0.5) is 0 Å². The molecule has 0 radical (unpaired) electrons. The van der Waals surface area contributed by atoms with Crippen molar-refractivity contribution in [3.63, 3.8) is 0 Å². The van der Waals surface area contributed by atoms with E-state index in [0.29, 0.717) is 25.2 Å². The standard InChI is InChI=1S/C20H25N3O3/c1-14-7-8-18(26-14)15-4-2-5-16(12-15)20(25)22-9-11-23-10-3-6-17(13-23)19(21)24/h2,4-5,7-8,12,17H,3,6,9-11,13H2,1H3,(H2,21,24)(H,22,25)/t17-/m0/s1. The predicted octanol–water partition coefficient (Wildman–Crippen LogP) is 2.18. The van der Waals surface area contributed by atoms with Crippen LogP contribution in [0.15, 0.2) is 40.8 Å². The number of nitrogens with one attached hydrogen (secondary N) is 1. The molecule has 1 saturated heterocycles. The minimum absolute atomic E-state index is 0.0760. The first-order valence-electron chi connectivity index (χ1n) is 8.99. The van der Waals surface area contributed by atoms with E-state index < -0.39 is 0 Å². The molecule has 1 aliphatic rings. The average Bonchev–Trinajstić information content (AvgIpc) is 3.08. The van der Waals surface area contributed by atoms with Crippen LogP contribution in [0.2, 0.25) is 0 Å². The molecule has 0 saturated carbocycles. The van der Waals surface area contributed by atoms with Crippen LogP contribution >= 0.6 is 0 Å². The van der Waals surface area contributed by atoms with Crippen molar-refractivity contribution in [3.05, 3.63) is 47.7 Å². The van der Waals surface area contributed by atoms with E-state index in [1.54, 1.807) is 6.07 Å². The van der Waals surface area contributed by atoms with E-state index in [-0.39, 0.29) is 17.7 Å². The normalized spacial score (nSPS) is 17.8. The van der Waals surface area contributed by atoms with Crippen molar-refractivity contribution >= 4 is 11.8 Å². The minimum atomic E-state index is -0.233. The minimum Gasteiger partial charge on any atom is -0.461 e. The maximum atomic E-state index is 12.4. The molecular weight excluding hydrogens is 330 g/mol. The number of nitrogens with two attached hydrogens (primary N) is 1. The van der Waals surface area contributed by atoms with Crippen LogP contribution in [-0.4, -0.2) is 42.9 Å². The number of piperidine rings is 1. The maximum absolute atomic E-state index is 12.4. The Bertz CT molecular complexity index is 784. The zero-order chi connectivity index (χ0) is 18.5. The van der Waals surface area contributed by atoms with E-state index in [2.05, 4.69) is 10.2 Å². The van der Waals surface area contributed by atoms with E-state index in [4.69, 9.17) is 10.2 Å². The number of rotatable bonds is 6. The number of primary amides is 1. The lowest BCUT2D eigenvalue weighted by molar-refractivity contribution is -0.123. The third kappa shape index (κ3) is 4.52. The van der Waals surface area contributed by atoms with Gasteiger partial charge in [0.2, 0.25) is 5.91 Å². The summed E-state index contributed by atoms with van der Waals surface area (Å²) in [6.07, 6.45) is 1.82. The number of nitrogens with zero attached hydrogens (tertiary/aromatic N) is 1. The van der Waals surface area contributed by atoms with Gasteiger partial charge in [0.25, 0.3) is 5.91 Å². The van der Waals surface area contributed by atoms with Crippen LogP contribution in [0.5, 0.6) is 0 Å². The summed E-state index contributed by atoms with van der Waals surface area (Å²) in [4.78, 5) is 25.9. The lowest BCUT2D eigenvalue weighted by atomic mass is 9.97. The van der Waals surface area contributed by atoms with Crippen molar-refractivity contribution in [1.29, 1.82) is 0 Å².